The van der Waals surface area contributed by atoms with Gasteiger partial charge in [0.2, 0.25) is 0 Å². The van der Waals surface area contributed by atoms with Crippen LogP contribution in [0.2, 0.25) is 0 Å². The van der Waals surface area contributed by atoms with Gasteiger partial charge in [0.05, 0.1) is 18.4 Å². The van der Waals surface area contributed by atoms with Gasteiger partial charge in [0.1, 0.15) is 0 Å². The second kappa shape index (κ2) is 8.98. The van der Waals surface area contributed by atoms with Crippen LogP contribution in [0.3, 0.4) is 0 Å². The summed E-state index contributed by atoms with van der Waals surface area (Å²) in [4.78, 5) is 23.1. The first-order chi connectivity index (χ1) is 9.52. The van der Waals surface area contributed by atoms with Crippen molar-refractivity contribution in [3.63, 3.8) is 0 Å². The molecule has 0 aromatic heterocycles. The third-order valence-corrected chi connectivity index (χ3v) is 4.06. The van der Waals surface area contributed by atoms with Crippen molar-refractivity contribution in [2.75, 3.05) is 6.61 Å². The van der Waals surface area contributed by atoms with Crippen LogP contribution in [0.4, 0.5) is 0 Å². The topological polar surface area (TPSA) is 63.6 Å². The Morgan fingerprint density at radius 2 is 1.75 bits per heavy atom. The molecule has 4 heteroatoms. The SMILES string of the molecule is CC(C)CCCCCOC(=O)C1CCCCC1C(=O)O. The van der Waals surface area contributed by atoms with Crippen molar-refractivity contribution < 1.29 is 19.4 Å². The average Bonchev–Trinajstić information content (AvgIpc) is 2.42. The second-order valence-electron chi connectivity index (χ2n) is 6.25. The summed E-state index contributed by atoms with van der Waals surface area (Å²) in [7, 11) is 0. The van der Waals surface area contributed by atoms with E-state index in [9.17, 15) is 9.59 Å². The summed E-state index contributed by atoms with van der Waals surface area (Å²) in [6, 6.07) is 0. The molecular weight excluding hydrogens is 256 g/mol. The first-order valence-corrected chi connectivity index (χ1v) is 7.91. The summed E-state index contributed by atoms with van der Waals surface area (Å²) in [5, 5.41) is 9.14. The van der Waals surface area contributed by atoms with Gasteiger partial charge in [-0.05, 0) is 25.2 Å². The van der Waals surface area contributed by atoms with Crippen LogP contribution in [-0.4, -0.2) is 23.7 Å². The number of aliphatic carboxylic acids is 1. The normalized spacial score (nSPS) is 22.8. The fourth-order valence-corrected chi connectivity index (χ4v) is 2.82. The number of ether oxygens (including phenoxy) is 1. The highest BCUT2D eigenvalue weighted by atomic mass is 16.5. The van der Waals surface area contributed by atoms with Gasteiger partial charge in [-0.25, -0.2) is 0 Å². The summed E-state index contributed by atoms with van der Waals surface area (Å²) in [5.41, 5.74) is 0. The number of esters is 1. The monoisotopic (exact) mass is 284 g/mol. The zero-order chi connectivity index (χ0) is 15.0. The predicted octanol–water partition coefficient (Wildman–Crippen LogP) is 3.64. The van der Waals surface area contributed by atoms with Gasteiger partial charge < -0.3 is 9.84 Å². The lowest BCUT2D eigenvalue weighted by Gasteiger charge is -2.26. The highest BCUT2D eigenvalue weighted by Crippen LogP contribution is 2.31. The minimum Gasteiger partial charge on any atom is -0.481 e. The number of carbonyl (C=O) groups is 2. The Balaban J connectivity index is 2.22. The third-order valence-electron chi connectivity index (χ3n) is 4.06. The van der Waals surface area contributed by atoms with Gasteiger partial charge >= 0.3 is 11.9 Å². The molecule has 0 aromatic rings. The lowest BCUT2D eigenvalue weighted by molar-refractivity contribution is -0.159. The number of carboxylic acid groups (broad SMARTS) is 1. The molecule has 20 heavy (non-hydrogen) atoms. The molecule has 0 saturated heterocycles. The largest absolute Gasteiger partial charge is 0.481 e. The molecule has 0 radical (unpaired) electrons. The molecule has 1 aliphatic rings. The van der Waals surface area contributed by atoms with Gasteiger partial charge in [-0.15, -0.1) is 0 Å². The van der Waals surface area contributed by atoms with E-state index < -0.39 is 17.8 Å². The minimum atomic E-state index is -0.858. The maximum atomic E-state index is 12.0. The maximum Gasteiger partial charge on any atom is 0.309 e. The van der Waals surface area contributed by atoms with Crippen molar-refractivity contribution in [1.82, 2.24) is 0 Å². The van der Waals surface area contributed by atoms with Crippen LogP contribution in [-0.2, 0) is 14.3 Å². The van der Waals surface area contributed by atoms with Crippen molar-refractivity contribution in [2.45, 2.75) is 65.2 Å². The molecule has 2 atom stereocenters. The number of carboxylic acids is 1. The van der Waals surface area contributed by atoms with Crippen molar-refractivity contribution in [3.05, 3.63) is 0 Å². The lowest BCUT2D eigenvalue weighted by Crippen LogP contribution is -2.33. The van der Waals surface area contributed by atoms with Crippen molar-refractivity contribution in [3.8, 4) is 0 Å². The molecule has 116 valence electrons. The molecular formula is C16H28O4. The molecule has 0 bridgehead atoms. The standard InChI is InChI=1S/C16H28O4/c1-12(2)8-4-3-7-11-20-16(19)14-10-6-5-9-13(14)15(17)18/h12-14H,3-11H2,1-2H3,(H,17,18). The smallest absolute Gasteiger partial charge is 0.309 e. The van der Waals surface area contributed by atoms with Crippen LogP contribution < -0.4 is 0 Å². The van der Waals surface area contributed by atoms with Crippen LogP contribution in [0.15, 0.2) is 0 Å². The van der Waals surface area contributed by atoms with Crippen LogP contribution in [0.5, 0.6) is 0 Å². The number of unbranched alkanes of at least 4 members (excludes halogenated alkanes) is 2. The highest BCUT2D eigenvalue weighted by molar-refractivity contribution is 5.81. The third kappa shape index (κ3) is 5.93. The first-order valence-electron chi connectivity index (χ1n) is 7.91. The van der Waals surface area contributed by atoms with Gasteiger partial charge in [0.15, 0.2) is 0 Å². The molecule has 2 unspecified atom stereocenters. The summed E-state index contributed by atoms with van der Waals surface area (Å²) < 4.78 is 5.27. The quantitative estimate of drug-likeness (QED) is 0.546. The molecule has 1 aliphatic carbocycles. The Bertz CT molecular complexity index is 312. The summed E-state index contributed by atoms with van der Waals surface area (Å²) in [5.74, 6) is -1.42. The molecule has 1 saturated carbocycles. The Hall–Kier alpha value is -1.06. The number of hydrogen-bond donors (Lipinski definition) is 1. The zero-order valence-corrected chi connectivity index (χ0v) is 12.8. The first kappa shape index (κ1) is 17.0. The Morgan fingerprint density at radius 1 is 1.10 bits per heavy atom. The van der Waals surface area contributed by atoms with Gasteiger partial charge in [-0.2, -0.15) is 0 Å². The Kier molecular flexibility index (Phi) is 7.63. The van der Waals surface area contributed by atoms with E-state index in [-0.39, 0.29) is 5.97 Å². The van der Waals surface area contributed by atoms with Crippen molar-refractivity contribution in [1.29, 1.82) is 0 Å². The number of carbonyl (C=O) groups excluding carboxylic acids is 1. The molecule has 0 aromatic carbocycles. The van der Waals surface area contributed by atoms with E-state index in [1.165, 1.54) is 6.42 Å². The number of hydrogen-bond acceptors (Lipinski definition) is 3. The molecule has 0 amide bonds. The molecule has 0 spiro atoms. The highest BCUT2D eigenvalue weighted by Gasteiger charge is 2.36. The van der Waals surface area contributed by atoms with Gasteiger partial charge in [-0.3, -0.25) is 9.59 Å². The average molecular weight is 284 g/mol. The Morgan fingerprint density at radius 3 is 2.35 bits per heavy atom. The van der Waals surface area contributed by atoms with E-state index in [0.29, 0.717) is 19.4 Å². The summed E-state index contributed by atoms with van der Waals surface area (Å²) >= 11 is 0. The Labute approximate surface area is 121 Å². The fourth-order valence-electron chi connectivity index (χ4n) is 2.82. The molecule has 1 fully saturated rings. The lowest BCUT2D eigenvalue weighted by atomic mass is 9.79. The minimum absolute atomic E-state index is 0.305. The van der Waals surface area contributed by atoms with Gasteiger partial charge in [-0.1, -0.05) is 46.0 Å². The van der Waals surface area contributed by atoms with E-state index in [0.717, 1.165) is 38.0 Å². The molecule has 4 nitrogen and oxygen atoms in total. The van der Waals surface area contributed by atoms with Crippen molar-refractivity contribution >= 4 is 11.9 Å². The van der Waals surface area contributed by atoms with E-state index in [1.54, 1.807) is 0 Å². The van der Waals surface area contributed by atoms with E-state index >= 15 is 0 Å². The maximum absolute atomic E-state index is 12.0. The van der Waals surface area contributed by atoms with Gasteiger partial charge in [0, 0.05) is 0 Å². The summed E-state index contributed by atoms with van der Waals surface area (Å²) in [6.07, 6.45) is 7.40. The van der Waals surface area contributed by atoms with Crippen LogP contribution in [0.1, 0.15) is 65.2 Å². The molecule has 0 aliphatic heterocycles. The molecule has 1 N–H and O–H groups in total. The van der Waals surface area contributed by atoms with E-state index in [2.05, 4.69) is 13.8 Å². The van der Waals surface area contributed by atoms with Gasteiger partial charge in [0.25, 0.3) is 0 Å². The van der Waals surface area contributed by atoms with E-state index in [1.807, 2.05) is 0 Å². The molecule has 1 rings (SSSR count). The number of rotatable bonds is 8. The zero-order valence-electron chi connectivity index (χ0n) is 12.8. The summed E-state index contributed by atoms with van der Waals surface area (Å²) in [6.45, 7) is 4.84. The van der Waals surface area contributed by atoms with Crippen LogP contribution >= 0.6 is 0 Å². The second-order valence-corrected chi connectivity index (χ2v) is 6.25. The van der Waals surface area contributed by atoms with Crippen LogP contribution in [0, 0.1) is 17.8 Å². The fraction of sp³-hybridized carbons (Fsp3) is 0.875. The van der Waals surface area contributed by atoms with E-state index in [4.69, 9.17) is 9.84 Å². The van der Waals surface area contributed by atoms with Crippen LogP contribution in [0.25, 0.3) is 0 Å². The molecule has 0 heterocycles. The van der Waals surface area contributed by atoms with Crippen molar-refractivity contribution in [2.24, 2.45) is 17.8 Å². The predicted molar refractivity (Wildman–Crippen MR) is 77.3 cm³/mol.